The summed E-state index contributed by atoms with van der Waals surface area (Å²) in [5.74, 6) is -0.432. The van der Waals surface area contributed by atoms with Crippen molar-refractivity contribution in [1.29, 1.82) is 0 Å². The second-order valence-electron chi connectivity index (χ2n) is 5.81. The van der Waals surface area contributed by atoms with Crippen molar-refractivity contribution in [2.75, 3.05) is 5.32 Å². The third-order valence-electron chi connectivity index (χ3n) is 4.14. The summed E-state index contributed by atoms with van der Waals surface area (Å²) in [4.78, 5) is 24.3. The molecule has 0 spiro atoms. The molecule has 1 aromatic carbocycles. The van der Waals surface area contributed by atoms with E-state index < -0.39 is 11.9 Å². The molecule has 2 N–H and O–H groups in total. The number of rotatable bonds is 4. The largest absolute Gasteiger partial charge is 0.459 e. The molecule has 1 aliphatic rings. The summed E-state index contributed by atoms with van der Waals surface area (Å²) in [6, 6.07) is 8.55. The van der Waals surface area contributed by atoms with Crippen LogP contribution in [0.3, 0.4) is 0 Å². The van der Waals surface area contributed by atoms with Crippen molar-refractivity contribution in [3.63, 3.8) is 0 Å². The molecule has 0 bridgehead atoms. The van der Waals surface area contributed by atoms with Gasteiger partial charge in [0.15, 0.2) is 5.76 Å². The molecule has 5 nitrogen and oxygen atoms in total. The van der Waals surface area contributed by atoms with Gasteiger partial charge in [0.05, 0.1) is 6.26 Å². The van der Waals surface area contributed by atoms with Crippen molar-refractivity contribution in [3.05, 3.63) is 53.5 Å². The van der Waals surface area contributed by atoms with Gasteiger partial charge < -0.3 is 15.1 Å². The van der Waals surface area contributed by atoms with E-state index in [2.05, 4.69) is 16.7 Å². The fourth-order valence-corrected chi connectivity index (χ4v) is 2.88. The van der Waals surface area contributed by atoms with E-state index in [0.29, 0.717) is 0 Å². The zero-order chi connectivity index (χ0) is 16.2. The molecule has 23 heavy (non-hydrogen) atoms. The number of carbonyl (C=O) groups is 2. The summed E-state index contributed by atoms with van der Waals surface area (Å²) in [6.07, 6.45) is 5.81. The van der Waals surface area contributed by atoms with Gasteiger partial charge in [-0.3, -0.25) is 9.59 Å². The van der Waals surface area contributed by atoms with Crippen LogP contribution < -0.4 is 10.6 Å². The maximum Gasteiger partial charge on any atom is 0.287 e. The molecule has 1 heterocycles. The van der Waals surface area contributed by atoms with Gasteiger partial charge in [-0.2, -0.15) is 0 Å². The highest BCUT2D eigenvalue weighted by Gasteiger charge is 2.20. The SMILES string of the molecule is C[C@H](NC(=O)c1ccco1)C(=O)Nc1cccc2c1CCCC2. The quantitative estimate of drug-likeness (QED) is 0.912. The molecule has 1 aromatic heterocycles. The topological polar surface area (TPSA) is 71.3 Å². The number of hydrogen-bond donors (Lipinski definition) is 2. The number of nitrogens with one attached hydrogen (secondary N) is 2. The van der Waals surface area contributed by atoms with Gasteiger partial charge in [0.25, 0.3) is 5.91 Å². The first kappa shape index (κ1) is 15.3. The number of fused-ring (bicyclic) bond motifs is 1. The fourth-order valence-electron chi connectivity index (χ4n) is 2.88. The summed E-state index contributed by atoms with van der Waals surface area (Å²) < 4.78 is 5.02. The predicted octanol–water partition coefficient (Wildman–Crippen LogP) is 2.92. The number of hydrogen-bond acceptors (Lipinski definition) is 3. The summed E-state index contributed by atoms with van der Waals surface area (Å²) in [5.41, 5.74) is 3.38. The van der Waals surface area contributed by atoms with Crippen LogP contribution in [0.1, 0.15) is 41.4 Å². The highest BCUT2D eigenvalue weighted by Crippen LogP contribution is 2.27. The number of carbonyl (C=O) groups excluding carboxylic acids is 2. The lowest BCUT2D eigenvalue weighted by atomic mass is 9.90. The van der Waals surface area contributed by atoms with E-state index >= 15 is 0 Å². The van der Waals surface area contributed by atoms with Crippen molar-refractivity contribution in [2.45, 2.75) is 38.6 Å². The molecule has 5 heteroatoms. The molecule has 0 unspecified atom stereocenters. The minimum atomic E-state index is -0.646. The monoisotopic (exact) mass is 312 g/mol. The Morgan fingerprint density at radius 2 is 1.96 bits per heavy atom. The first-order chi connectivity index (χ1) is 11.1. The number of anilines is 1. The van der Waals surface area contributed by atoms with E-state index in [0.717, 1.165) is 24.9 Å². The molecule has 0 saturated heterocycles. The van der Waals surface area contributed by atoms with E-state index in [9.17, 15) is 9.59 Å². The maximum absolute atomic E-state index is 12.3. The lowest BCUT2D eigenvalue weighted by molar-refractivity contribution is -0.117. The van der Waals surface area contributed by atoms with Crippen LogP contribution in [0, 0.1) is 0 Å². The second kappa shape index (κ2) is 6.69. The van der Waals surface area contributed by atoms with Crippen LogP contribution in [0.15, 0.2) is 41.0 Å². The van der Waals surface area contributed by atoms with E-state index in [1.807, 2.05) is 12.1 Å². The molecule has 0 radical (unpaired) electrons. The van der Waals surface area contributed by atoms with Gasteiger partial charge in [-0.1, -0.05) is 12.1 Å². The van der Waals surface area contributed by atoms with Gasteiger partial charge in [-0.15, -0.1) is 0 Å². The van der Waals surface area contributed by atoms with Crippen LogP contribution in [-0.2, 0) is 17.6 Å². The summed E-state index contributed by atoms with van der Waals surface area (Å²) >= 11 is 0. The summed E-state index contributed by atoms with van der Waals surface area (Å²) in [5, 5.41) is 5.57. The molecule has 120 valence electrons. The number of aryl methyl sites for hydroxylation is 1. The van der Waals surface area contributed by atoms with Crippen molar-refractivity contribution in [3.8, 4) is 0 Å². The van der Waals surface area contributed by atoms with Crippen LogP contribution in [0.5, 0.6) is 0 Å². The molecule has 0 aliphatic heterocycles. The first-order valence-electron chi connectivity index (χ1n) is 7.91. The van der Waals surface area contributed by atoms with Crippen molar-refractivity contribution < 1.29 is 14.0 Å². The van der Waals surface area contributed by atoms with Crippen LogP contribution >= 0.6 is 0 Å². The Bertz CT molecular complexity index is 707. The third-order valence-corrected chi connectivity index (χ3v) is 4.14. The third kappa shape index (κ3) is 3.44. The Hall–Kier alpha value is -2.56. The van der Waals surface area contributed by atoms with Gasteiger partial charge in [-0.05, 0) is 61.9 Å². The second-order valence-corrected chi connectivity index (χ2v) is 5.81. The van der Waals surface area contributed by atoms with E-state index in [1.54, 1.807) is 19.1 Å². The molecule has 0 fully saturated rings. The molecule has 2 amide bonds. The van der Waals surface area contributed by atoms with Crippen LogP contribution in [0.25, 0.3) is 0 Å². The van der Waals surface area contributed by atoms with Gasteiger partial charge in [0.1, 0.15) is 6.04 Å². The van der Waals surface area contributed by atoms with E-state index in [-0.39, 0.29) is 11.7 Å². The molecular weight excluding hydrogens is 292 g/mol. The maximum atomic E-state index is 12.3. The van der Waals surface area contributed by atoms with Crippen LogP contribution in [0.4, 0.5) is 5.69 Å². The molecule has 1 aliphatic carbocycles. The Morgan fingerprint density at radius 1 is 1.13 bits per heavy atom. The lowest BCUT2D eigenvalue weighted by Crippen LogP contribution is -2.41. The molecule has 2 aromatic rings. The minimum Gasteiger partial charge on any atom is -0.459 e. The number of amides is 2. The highest BCUT2D eigenvalue weighted by atomic mass is 16.3. The number of benzene rings is 1. The van der Waals surface area contributed by atoms with Crippen LogP contribution in [0.2, 0.25) is 0 Å². The summed E-state index contributed by atoms with van der Waals surface area (Å²) in [6.45, 7) is 1.66. The Labute approximate surface area is 135 Å². The standard InChI is InChI=1S/C18H20N2O3/c1-12(19-18(22)16-10-5-11-23-16)17(21)20-15-9-4-7-13-6-2-3-8-14(13)15/h4-5,7,9-12H,2-3,6,8H2,1H3,(H,19,22)(H,20,21)/t12-/m0/s1. The zero-order valence-corrected chi connectivity index (χ0v) is 13.1. The van der Waals surface area contributed by atoms with E-state index in [1.165, 1.54) is 23.8 Å². The average Bonchev–Trinajstić information content (AvgIpc) is 3.09. The number of furan rings is 1. The Balaban J connectivity index is 1.66. The van der Waals surface area contributed by atoms with Crippen molar-refractivity contribution >= 4 is 17.5 Å². The Morgan fingerprint density at radius 3 is 2.74 bits per heavy atom. The van der Waals surface area contributed by atoms with Crippen molar-refractivity contribution in [1.82, 2.24) is 5.32 Å². The molecule has 1 atom stereocenters. The average molecular weight is 312 g/mol. The van der Waals surface area contributed by atoms with Gasteiger partial charge in [0.2, 0.25) is 5.91 Å². The normalized spacial score (nSPS) is 14.7. The highest BCUT2D eigenvalue weighted by molar-refractivity contribution is 6.00. The van der Waals surface area contributed by atoms with Crippen LogP contribution in [-0.4, -0.2) is 17.9 Å². The smallest absolute Gasteiger partial charge is 0.287 e. The fraction of sp³-hybridized carbons (Fsp3) is 0.333. The first-order valence-corrected chi connectivity index (χ1v) is 7.91. The zero-order valence-electron chi connectivity index (χ0n) is 13.1. The Kier molecular flexibility index (Phi) is 4.46. The minimum absolute atomic E-state index is 0.196. The molecular formula is C18H20N2O3. The predicted molar refractivity (Wildman–Crippen MR) is 87.3 cm³/mol. The van der Waals surface area contributed by atoms with Crippen molar-refractivity contribution in [2.24, 2.45) is 0 Å². The lowest BCUT2D eigenvalue weighted by Gasteiger charge is -2.21. The van der Waals surface area contributed by atoms with Gasteiger partial charge in [-0.25, -0.2) is 0 Å². The van der Waals surface area contributed by atoms with E-state index in [4.69, 9.17) is 4.42 Å². The summed E-state index contributed by atoms with van der Waals surface area (Å²) in [7, 11) is 0. The molecule has 0 saturated carbocycles. The molecule has 3 rings (SSSR count). The van der Waals surface area contributed by atoms with Gasteiger partial charge in [0, 0.05) is 5.69 Å². The van der Waals surface area contributed by atoms with Gasteiger partial charge >= 0.3 is 0 Å².